The van der Waals surface area contributed by atoms with Crippen molar-refractivity contribution in [3.63, 3.8) is 0 Å². The lowest BCUT2D eigenvalue weighted by molar-refractivity contribution is -0.138. The molecule has 4 nitrogen and oxygen atoms in total. The highest BCUT2D eigenvalue weighted by molar-refractivity contribution is 8.13. The second-order valence-electron chi connectivity index (χ2n) is 3.31. The highest BCUT2D eigenvalue weighted by Crippen LogP contribution is 2.37. The topological polar surface area (TPSA) is 73.1 Å². The summed E-state index contributed by atoms with van der Waals surface area (Å²) in [6.45, 7) is -0.871. The summed E-state index contributed by atoms with van der Waals surface area (Å²) in [5, 5.41) is -1.30. The zero-order valence-electron chi connectivity index (χ0n) is 8.88. The van der Waals surface area contributed by atoms with Gasteiger partial charge in [0, 0.05) is 22.8 Å². The molecule has 0 saturated carbocycles. The van der Waals surface area contributed by atoms with Gasteiger partial charge in [-0.25, -0.2) is 22.2 Å². The lowest BCUT2D eigenvalue weighted by Crippen LogP contribution is -2.17. The van der Waals surface area contributed by atoms with Crippen LogP contribution in [0.1, 0.15) is 23.2 Å². The smallest absolute Gasteiger partial charge is 0.326 e. The van der Waals surface area contributed by atoms with E-state index in [-0.39, 0.29) is 6.07 Å². The molecule has 0 fully saturated rings. The van der Waals surface area contributed by atoms with Crippen LogP contribution in [0.2, 0.25) is 0 Å². The van der Waals surface area contributed by atoms with E-state index in [0.29, 0.717) is 0 Å². The van der Waals surface area contributed by atoms with E-state index in [2.05, 4.69) is 4.98 Å². The second-order valence-corrected chi connectivity index (χ2v) is 5.83. The maximum Gasteiger partial charge on any atom is 0.416 e. The maximum atomic E-state index is 12.7. The Labute approximate surface area is 108 Å². The SMILES string of the molecule is NCc1c(C(F)(F)F)cc(S(=O)(=O)Cl)nc1C(F)F. The molecule has 0 aromatic carbocycles. The second kappa shape index (κ2) is 5.17. The first-order valence-corrected chi connectivity index (χ1v) is 6.83. The third kappa shape index (κ3) is 3.51. The van der Waals surface area contributed by atoms with Gasteiger partial charge in [0.15, 0.2) is 5.03 Å². The molecule has 0 spiro atoms. The Morgan fingerprint density at radius 2 is 1.89 bits per heavy atom. The fraction of sp³-hybridized carbons (Fsp3) is 0.375. The minimum atomic E-state index is -5.06. The highest BCUT2D eigenvalue weighted by atomic mass is 35.7. The van der Waals surface area contributed by atoms with Gasteiger partial charge in [-0.15, -0.1) is 0 Å². The molecule has 0 amide bonds. The molecule has 1 aromatic rings. The Morgan fingerprint density at radius 1 is 1.37 bits per heavy atom. The number of rotatable bonds is 3. The van der Waals surface area contributed by atoms with Crippen molar-refractivity contribution in [2.45, 2.75) is 24.2 Å². The van der Waals surface area contributed by atoms with Crippen LogP contribution in [-0.2, 0) is 21.8 Å². The first-order chi connectivity index (χ1) is 8.48. The van der Waals surface area contributed by atoms with Crippen molar-refractivity contribution >= 4 is 19.7 Å². The third-order valence-corrected chi connectivity index (χ3v) is 3.28. The van der Waals surface area contributed by atoms with Gasteiger partial charge in [0.1, 0.15) is 5.69 Å². The Morgan fingerprint density at radius 3 is 2.21 bits per heavy atom. The van der Waals surface area contributed by atoms with E-state index < -0.39 is 50.0 Å². The zero-order chi connectivity index (χ0) is 15.0. The van der Waals surface area contributed by atoms with Crippen molar-refractivity contribution in [1.29, 1.82) is 0 Å². The lowest BCUT2D eigenvalue weighted by atomic mass is 10.1. The Bertz CT molecular complexity index is 588. The van der Waals surface area contributed by atoms with Crippen LogP contribution in [0.3, 0.4) is 0 Å². The molecule has 1 heterocycles. The van der Waals surface area contributed by atoms with Gasteiger partial charge in [-0.05, 0) is 6.07 Å². The molecular formula is C8H6ClF5N2O2S. The number of hydrogen-bond acceptors (Lipinski definition) is 4. The largest absolute Gasteiger partial charge is 0.416 e. The van der Waals surface area contributed by atoms with E-state index in [1.54, 1.807) is 0 Å². The first-order valence-electron chi connectivity index (χ1n) is 4.52. The summed E-state index contributed by atoms with van der Waals surface area (Å²) in [4.78, 5) is 2.94. The fourth-order valence-corrected chi connectivity index (χ4v) is 2.04. The number of aromatic nitrogens is 1. The van der Waals surface area contributed by atoms with Crippen molar-refractivity contribution in [2.75, 3.05) is 0 Å². The Balaban J connectivity index is 3.75. The highest BCUT2D eigenvalue weighted by Gasteiger charge is 2.37. The van der Waals surface area contributed by atoms with Gasteiger partial charge >= 0.3 is 6.18 Å². The molecule has 0 bridgehead atoms. The summed E-state index contributed by atoms with van der Waals surface area (Å²) in [6.07, 6.45) is -8.48. The number of nitrogens with zero attached hydrogens (tertiary/aromatic N) is 1. The number of alkyl halides is 5. The molecule has 0 unspecified atom stereocenters. The van der Waals surface area contributed by atoms with Crippen LogP contribution in [0.25, 0.3) is 0 Å². The van der Waals surface area contributed by atoms with Gasteiger partial charge in [0.2, 0.25) is 0 Å². The average molecular weight is 325 g/mol. The molecular weight excluding hydrogens is 319 g/mol. The predicted molar refractivity (Wildman–Crippen MR) is 55.1 cm³/mol. The molecule has 19 heavy (non-hydrogen) atoms. The number of pyridine rings is 1. The number of nitrogens with two attached hydrogens (primary N) is 1. The molecule has 108 valence electrons. The molecule has 2 N–H and O–H groups in total. The van der Waals surface area contributed by atoms with Crippen LogP contribution in [0.5, 0.6) is 0 Å². The Kier molecular flexibility index (Phi) is 4.37. The predicted octanol–water partition coefficient (Wildman–Crippen LogP) is 2.42. The fourth-order valence-electron chi connectivity index (χ4n) is 1.34. The molecule has 0 aliphatic rings. The van der Waals surface area contributed by atoms with E-state index >= 15 is 0 Å². The van der Waals surface area contributed by atoms with E-state index in [4.69, 9.17) is 16.4 Å². The van der Waals surface area contributed by atoms with Crippen LogP contribution < -0.4 is 5.73 Å². The van der Waals surface area contributed by atoms with Gasteiger partial charge in [-0.2, -0.15) is 13.2 Å². The van der Waals surface area contributed by atoms with Gasteiger partial charge in [-0.3, -0.25) is 0 Å². The van der Waals surface area contributed by atoms with Gasteiger partial charge < -0.3 is 5.73 Å². The number of hydrogen-bond donors (Lipinski definition) is 1. The molecule has 0 radical (unpaired) electrons. The Hall–Kier alpha value is -1.00. The summed E-state index contributed by atoms with van der Waals surface area (Å²) in [5.41, 5.74) is 1.08. The standard InChI is InChI=1S/C8H6ClF5N2O2S/c9-19(17,18)5-1-4(8(12,13)14)3(2-15)6(16-5)7(10)11/h1,7H,2,15H2. The zero-order valence-corrected chi connectivity index (χ0v) is 10.5. The molecule has 11 heteroatoms. The quantitative estimate of drug-likeness (QED) is 0.684. The van der Waals surface area contributed by atoms with E-state index in [1.807, 2.05) is 0 Å². The van der Waals surface area contributed by atoms with Crippen molar-refractivity contribution in [1.82, 2.24) is 4.98 Å². The summed E-state index contributed by atoms with van der Waals surface area (Å²) in [7, 11) is 0.139. The maximum absolute atomic E-state index is 12.7. The summed E-state index contributed by atoms with van der Waals surface area (Å²) >= 11 is 0. The van der Waals surface area contributed by atoms with E-state index in [0.717, 1.165) is 0 Å². The normalized spacial score (nSPS) is 13.1. The average Bonchev–Trinajstić information content (AvgIpc) is 2.24. The van der Waals surface area contributed by atoms with Crippen molar-refractivity contribution in [2.24, 2.45) is 5.73 Å². The van der Waals surface area contributed by atoms with Crippen molar-refractivity contribution < 1.29 is 30.4 Å². The van der Waals surface area contributed by atoms with Crippen LogP contribution in [0.4, 0.5) is 22.0 Å². The molecule has 1 rings (SSSR count). The van der Waals surface area contributed by atoms with Crippen LogP contribution in [0.15, 0.2) is 11.1 Å². The summed E-state index contributed by atoms with van der Waals surface area (Å²) < 4.78 is 85.2. The van der Waals surface area contributed by atoms with Crippen LogP contribution in [-0.4, -0.2) is 13.4 Å². The van der Waals surface area contributed by atoms with Crippen molar-refractivity contribution in [3.05, 3.63) is 22.9 Å². The third-order valence-electron chi connectivity index (χ3n) is 2.10. The summed E-state index contributed by atoms with van der Waals surface area (Å²) in [6, 6.07) is 0.0798. The van der Waals surface area contributed by atoms with Crippen LogP contribution >= 0.6 is 10.7 Å². The van der Waals surface area contributed by atoms with Gasteiger partial charge in [0.05, 0.1) is 5.56 Å². The monoisotopic (exact) mass is 324 g/mol. The molecule has 0 saturated heterocycles. The van der Waals surface area contributed by atoms with Gasteiger partial charge in [0.25, 0.3) is 15.5 Å². The van der Waals surface area contributed by atoms with E-state index in [1.165, 1.54) is 0 Å². The van der Waals surface area contributed by atoms with Crippen LogP contribution in [0, 0.1) is 0 Å². The minimum absolute atomic E-state index is 0.0798. The molecule has 0 aliphatic carbocycles. The summed E-state index contributed by atoms with van der Waals surface area (Å²) in [5.74, 6) is 0. The van der Waals surface area contributed by atoms with Gasteiger partial charge in [-0.1, -0.05) is 0 Å². The number of halogens is 6. The first kappa shape index (κ1) is 16.1. The lowest BCUT2D eigenvalue weighted by Gasteiger charge is -2.15. The molecule has 1 aromatic heterocycles. The molecule has 0 atom stereocenters. The van der Waals surface area contributed by atoms with Crippen molar-refractivity contribution in [3.8, 4) is 0 Å². The van der Waals surface area contributed by atoms with E-state index in [9.17, 15) is 30.4 Å². The minimum Gasteiger partial charge on any atom is -0.326 e. The molecule has 0 aliphatic heterocycles.